The molecule has 0 amide bonds. The highest BCUT2D eigenvalue weighted by molar-refractivity contribution is 7.90. The smallest absolute Gasteiger partial charge is 0.213 e. The normalized spacial score (nSPS) is 13.9. The highest BCUT2D eigenvalue weighted by Gasteiger charge is 2.45. The zero-order valence-electron chi connectivity index (χ0n) is 11.3. The molecule has 1 rings (SSSR count). The van der Waals surface area contributed by atoms with Crippen LogP contribution in [0.5, 0.6) is 0 Å². The van der Waals surface area contributed by atoms with Crippen molar-refractivity contribution in [3.05, 3.63) is 35.9 Å². The summed E-state index contributed by atoms with van der Waals surface area (Å²) < 4.78 is 25.8. The summed E-state index contributed by atoms with van der Waals surface area (Å²) in [7, 11) is -3.88. The number of hydrogen-bond donors (Lipinski definition) is 1. The van der Waals surface area contributed by atoms with Gasteiger partial charge in [0, 0.05) is 13.0 Å². The Balaban J connectivity index is 3.26. The second kappa shape index (κ2) is 7.04. The number of rotatable bonds is 7. The van der Waals surface area contributed by atoms with Crippen molar-refractivity contribution in [3.8, 4) is 12.1 Å². The maximum atomic E-state index is 12.5. The summed E-state index contributed by atoms with van der Waals surface area (Å²) in [5.74, 6) is 0. The van der Waals surface area contributed by atoms with Crippen LogP contribution in [0, 0.1) is 22.7 Å². The molecule has 5 nitrogen and oxygen atoms in total. The van der Waals surface area contributed by atoms with Crippen molar-refractivity contribution in [2.75, 3.05) is 6.54 Å². The van der Waals surface area contributed by atoms with Crippen LogP contribution in [-0.2, 0) is 14.8 Å². The maximum absolute atomic E-state index is 12.5. The molecule has 0 aromatic heterocycles. The van der Waals surface area contributed by atoms with E-state index in [0.717, 1.165) is 0 Å². The molecule has 6 heteroatoms. The van der Waals surface area contributed by atoms with Gasteiger partial charge in [0.1, 0.15) is 0 Å². The average Bonchev–Trinajstić information content (AvgIpc) is 2.45. The number of nitrogens with one attached hydrogen (secondary N) is 1. The Bertz CT molecular complexity index is 614. The first kappa shape index (κ1) is 16.2. The Morgan fingerprint density at radius 3 is 2.40 bits per heavy atom. The molecular weight excluding hydrogens is 274 g/mol. The van der Waals surface area contributed by atoms with Crippen molar-refractivity contribution >= 4 is 10.0 Å². The maximum Gasteiger partial charge on any atom is 0.235 e. The van der Waals surface area contributed by atoms with Crippen LogP contribution in [0.3, 0.4) is 0 Å². The molecule has 20 heavy (non-hydrogen) atoms. The van der Waals surface area contributed by atoms with Gasteiger partial charge >= 0.3 is 0 Å². The lowest BCUT2D eigenvalue weighted by Crippen LogP contribution is -2.43. The molecule has 1 aromatic carbocycles. The lowest BCUT2D eigenvalue weighted by molar-refractivity contribution is 0.530. The van der Waals surface area contributed by atoms with Crippen LogP contribution in [0.1, 0.15) is 31.7 Å². The summed E-state index contributed by atoms with van der Waals surface area (Å²) in [6.45, 7) is 1.85. The summed E-state index contributed by atoms with van der Waals surface area (Å²) >= 11 is 0. The van der Waals surface area contributed by atoms with Crippen LogP contribution in [0.15, 0.2) is 30.3 Å². The summed E-state index contributed by atoms with van der Waals surface area (Å²) in [5.41, 5.74) is 0.453. The molecule has 106 valence electrons. The monoisotopic (exact) mass is 291 g/mol. The second-order valence-electron chi connectivity index (χ2n) is 4.36. The van der Waals surface area contributed by atoms with Gasteiger partial charge in [-0.15, -0.1) is 0 Å². The van der Waals surface area contributed by atoms with E-state index in [0.29, 0.717) is 12.0 Å². The minimum absolute atomic E-state index is 0.0127. The van der Waals surface area contributed by atoms with Gasteiger partial charge < -0.3 is 0 Å². The van der Waals surface area contributed by atoms with E-state index in [9.17, 15) is 13.7 Å². The molecule has 1 N–H and O–H groups in total. The topological polar surface area (TPSA) is 93.8 Å². The molecule has 0 heterocycles. The van der Waals surface area contributed by atoms with Gasteiger partial charge in [0.05, 0.1) is 12.1 Å². The van der Waals surface area contributed by atoms with E-state index >= 15 is 0 Å². The molecule has 0 aliphatic rings. The van der Waals surface area contributed by atoms with E-state index < -0.39 is 14.8 Å². The zero-order valence-corrected chi connectivity index (χ0v) is 12.2. The standard InChI is InChI=1S/C14H17N3O2S/c1-2-9-14(12-16,13-7-4-3-5-8-13)20(18,19)17-11-6-10-15/h3-5,7-8,17H,2,6,9,11H2,1H3. The average molecular weight is 291 g/mol. The first-order chi connectivity index (χ1) is 9.54. The lowest BCUT2D eigenvalue weighted by Gasteiger charge is -2.26. The molecule has 0 spiro atoms. The Kier molecular flexibility index (Phi) is 5.69. The van der Waals surface area contributed by atoms with Crippen LogP contribution < -0.4 is 4.72 Å². The molecule has 0 fully saturated rings. The SMILES string of the molecule is CCCC(C#N)(c1ccccc1)S(=O)(=O)NCCC#N. The Morgan fingerprint density at radius 1 is 1.25 bits per heavy atom. The molecule has 0 radical (unpaired) electrons. The highest BCUT2D eigenvalue weighted by Crippen LogP contribution is 2.34. The minimum Gasteiger partial charge on any atom is -0.213 e. The fourth-order valence-electron chi connectivity index (χ4n) is 2.04. The van der Waals surface area contributed by atoms with Crippen LogP contribution >= 0.6 is 0 Å². The van der Waals surface area contributed by atoms with E-state index in [-0.39, 0.29) is 19.4 Å². The van der Waals surface area contributed by atoms with Crippen LogP contribution in [0.25, 0.3) is 0 Å². The summed E-state index contributed by atoms with van der Waals surface area (Å²) in [6, 6.07) is 12.3. The van der Waals surface area contributed by atoms with Gasteiger partial charge in [-0.1, -0.05) is 43.7 Å². The Hall–Kier alpha value is -1.89. The van der Waals surface area contributed by atoms with Gasteiger partial charge in [-0.2, -0.15) is 10.5 Å². The van der Waals surface area contributed by atoms with E-state index in [2.05, 4.69) is 4.72 Å². The quantitative estimate of drug-likeness (QED) is 0.778. The highest BCUT2D eigenvalue weighted by atomic mass is 32.2. The third-order valence-electron chi connectivity index (χ3n) is 3.01. The molecule has 0 saturated heterocycles. The molecule has 0 aliphatic heterocycles. The van der Waals surface area contributed by atoms with E-state index in [1.54, 1.807) is 30.3 Å². The van der Waals surface area contributed by atoms with E-state index in [4.69, 9.17) is 5.26 Å². The van der Waals surface area contributed by atoms with Crippen molar-refractivity contribution in [3.63, 3.8) is 0 Å². The third-order valence-corrected chi connectivity index (χ3v) is 5.04. The van der Waals surface area contributed by atoms with Gasteiger partial charge in [0.15, 0.2) is 4.75 Å². The van der Waals surface area contributed by atoms with Crippen LogP contribution in [0.4, 0.5) is 0 Å². The molecule has 1 aromatic rings. The predicted molar refractivity (Wildman–Crippen MR) is 75.8 cm³/mol. The summed E-state index contributed by atoms with van der Waals surface area (Å²) in [4.78, 5) is 0. The van der Waals surface area contributed by atoms with E-state index in [1.165, 1.54) is 0 Å². The lowest BCUT2D eigenvalue weighted by atomic mass is 9.95. The molecular formula is C14H17N3O2S. The van der Waals surface area contributed by atoms with Gasteiger partial charge in [-0.05, 0) is 12.0 Å². The van der Waals surface area contributed by atoms with Crippen LogP contribution in [-0.4, -0.2) is 15.0 Å². The van der Waals surface area contributed by atoms with Gasteiger partial charge in [0.2, 0.25) is 10.0 Å². The van der Waals surface area contributed by atoms with Crippen LogP contribution in [0.2, 0.25) is 0 Å². The molecule has 0 aliphatic carbocycles. The van der Waals surface area contributed by atoms with Crippen molar-refractivity contribution in [1.29, 1.82) is 10.5 Å². The summed E-state index contributed by atoms with van der Waals surface area (Å²) in [5, 5.41) is 18.0. The van der Waals surface area contributed by atoms with Crippen molar-refractivity contribution in [1.82, 2.24) is 4.72 Å². The van der Waals surface area contributed by atoms with Gasteiger partial charge in [-0.3, -0.25) is 0 Å². The number of nitrogens with zero attached hydrogens (tertiary/aromatic N) is 2. The molecule has 1 atom stereocenters. The number of nitriles is 2. The van der Waals surface area contributed by atoms with E-state index in [1.807, 2.05) is 19.1 Å². The van der Waals surface area contributed by atoms with Crippen molar-refractivity contribution in [2.24, 2.45) is 0 Å². The fraction of sp³-hybridized carbons (Fsp3) is 0.429. The predicted octanol–water partition coefficient (Wildman–Crippen LogP) is 2.04. The Morgan fingerprint density at radius 2 is 1.90 bits per heavy atom. The van der Waals surface area contributed by atoms with Gasteiger partial charge in [0.25, 0.3) is 0 Å². The fourth-order valence-corrected chi connectivity index (χ4v) is 3.69. The molecule has 0 bridgehead atoms. The van der Waals surface area contributed by atoms with Gasteiger partial charge in [-0.25, -0.2) is 13.1 Å². The Labute approximate surface area is 119 Å². The third kappa shape index (κ3) is 3.16. The second-order valence-corrected chi connectivity index (χ2v) is 6.35. The zero-order chi connectivity index (χ0) is 15.1. The number of hydrogen-bond acceptors (Lipinski definition) is 4. The largest absolute Gasteiger partial charge is 0.235 e. The van der Waals surface area contributed by atoms with Crippen molar-refractivity contribution in [2.45, 2.75) is 30.9 Å². The minimum atomic E-state index is -3.88. The van der Waals surface area contributed by atoms with Crippen molar-refractivity contribution < 1.29 is 8.42 Å². The number of sulfonamides is 1. The first-order valence-corrected chi connectivity index (χ1v) is 7.85. The molecule has 1 unspecified atom stereocenters. The first-order valence-electron chi connectivity index (χ1n) is 6.37. The molecule has 0 saturated carbocycles. The number of benzene rings is 1. The summed E-state index contributed by atoms with van der Waals surface area (Å²) in [6.07, 6.45) is 0.832.